The minimum Gasteiger partial charge on any atom is -0.393 e. The lowest BCUT2D eigenvalue weighted by molar-refractivity contribution is 0.0943. The Balaban J connectivity index is 2.03. The van der Waals surface area contributed by atoms with Gasteiger partial charge >= 0.3 is 0 Å². The molecule has 2 fully saturated rings. The van der Waals surface area contributed by atoms with Crippen molar-refractivity contribution in [1.29, 1.82) is 0 Å². The van der Waals surface area contributed by atoms with Gasteiger partial charge in [-0.2, -0.15) is 0 Å². The molecular weight excluding hydrogens is 138 g/mol. The number of hydrogen-bond acceptors (Lipinski definition) is 2. The third-order valence-corrected chi connectivity index (χ3v) is 3.21. The fourth-order valence-electron chi connectivity index (χ4n) is 2.49. The predicted molar refractivity (Wildman–Crippen MR) is 44.3 cm³/mol. The van der Waals surface area contributed by atoms with E-state index >= 15 is 0 Å². The third kappa shape index (κ3) is 1.42. The predicted octanol–water partition coefficient (Wildman–Crippen LogP) is 0.757. The van der Waals surface area contributed by atoms with Crippen LogP contribution < -0.4 is 5.32 Å². The van der Waals surface area contributed by atoms with Gasteiger partial charge in [0.2, 0.25) is 0 Å². The molecule has 0 aromatic rings. The molecule has 0 spiro atoms. The minimum absolute atomic E-state index is 0.0162. The molecule has 1 aliphatic carbocycles. The van der Waals surface area contributed by atoms with E-state index in [9.17, 15) is 5.11 Å². The van der Waals surface area contributed by atoms with Crippen molar-refractivity contribution < 1.29 is 5.11 Å². The van der Waals surface area contributed by atoms with E-state index in [1.165, 1.54) is 19.3 Å². The molecule has 2 nitrogen and oxygen atoms in total. The largest absolute Gasteiger partial charge is 0.393 e. The van der Waals surface area contributed by atoms with Gasteiger partial charge in [-0.05, 0) is 25.3 Å². The summed E-state index contributed by atoms with van der Waals surface area (Å²) in [5, 5.41) is 13.1. The Kier molecular flexibility index (Phi) is 2.14. The normalized spacial score (nSPS) is 45.0. The average molecular weight is 155 g/mol. The first-order chi connectivity index (χ1) is 5.38. The van der Waals surface area contributed by atoms with Gasteiger partial charge in [0.15, 0.2) is 0 Å². The van der Waals surface area contributed by atoms with Crippen LogP contribution in [0.3, 0.4) is 0 Å². The van der Waals surface area contributed by atoms with E-state index in [-0.39, 0.29) is 6.10 Å². The van der Waals surface area contributed by atoms with Crippen molar-refractivity contribution in [2.75, 3.05) is 13.1 Å². The molecule has 1 aliphatic heterocycles. The summed E-state index contributed by atoms with van der Waals surface area (Å²) in [5.41, 5.74) is 0. The zero-order chi connectivity index (χ0) is 7.68. The van der Waals surface area contributed by atoms with Gasteiger partial charge in [0.05, 0.1) is 6.10 Å². The molecule has 64 valence electrons. The highest BCUT2D eigenvalue weighted by Gasteiger charge is 2.33. The Morgan fingerprint density at radius 3 is 2.82 bits per heavy atom. The van der Waals surface area contributed by atoms with Crippen LogP contribution >= 0.6 is 0 Å². The molecule has 11 heavy (non-hydrogen) atoms. The van der Waals surface area contributed by atoms with Crippen molar-refractivity contribution in [2.24, 2.45) is 11.8 Å². The molecule has 0 aromatic carbocycles. The van der Waals surface area contributed by atoms with E-state index in [1.54, 1.807) is 0 Å². The number of hydrogen-bond donors (Lipinski definition) is 2. The van der Waals surface area contributed by atoms with E-state index in [0.29, 0.717) is 5.92 Å². The first-order valence-corrected chi connectivity index (χ1v) is 4.76. The van der Waals surface area contributed by atoms with Gasteiger partial charge in [-0.3, -0.25) is 0 Å². The zero-order valence-electron chi connectivity index (χ0n) is 6.92. The van der Waals surface area contributed by atoms with Crippen LogP contribution in [0.4, 0.5) is 0 Å². The zero-order valence-corrected chi connectivity index (χ0v) is 6.92. The third-order valence-electron chi connectivity index (χ3n) is 3.21. The summed E-state index contributed by atoms with van der Waals surface area (Å²) in [4.78, 5) is 0. The van der Waals surface area contributed by atoms with Gasteiger partial charge in [-0.15, -0.1) is 0 Å². The van der Waals surface area contributed by atoms with Crippen LogP contribution in [0.1, 0.15) is 25.7 Å². The first kappa shape index (κ1) is 7.56. The lowest BCUT2D eigenvalue weighted by Gasteiger charge is -2.19. The van der Waals surface area contributed by atoms with Crippen molar-refractivity contribution in [2.45, 2.75) is 31.8 Å². The monoisotopic (exact) mass is 155 g/mol. The van der Waals surface area contributed by atoms with Gasteiger partial charge in [0, 0.05) is 12.5 Å². The van der Waals surface area contributed by atoms with Gasteiger partial charge in [0.1, 0.15) is 0 Å². The average Bonchev–Trinajstić information content (AvgIpc) is 2.40. The maximum atomic E-state index is 9.72. The number of rotatable bonds is 0. The summed E-state index contributed by atoms with van der Waals surface area (Å²) in [5.74, 6) is 1.34. The highest BCUT2D eigenvalue weighted by atomic mass is 16.3. The van der Waals surface area contributed by atoms with Crippen LogP contribution in [0.2, 0.25) is 0 Å². The number of nitrogens with one attached hydrogen (secondary N) is 1. The van der Waals surface area contributed by atoms with Crippen LogP contribution in [0.5, 0.6) is 0 Å². The molecule has 0 radical (unpaired) electrons. The molecule has 3 atom stereocenters. The molecule has 0 amide bonds. The quantitative estimate of drug-likeness (QED) is 0.541. The molecule has 0 bridgehead atoms. The van der Waals surface area contributed by atoms with E-state index in [2.05, 4.69) is 5.32 Å². The van der Waals surface area contributed by atoms with Gasteiger partial charge in [-0.25, -0.2) is 0 Å². The topological polar surface area (TPSA) is 32.3 Å². The minimum atomic E-state index is -0.0162. The second kappa shape index (κ2) is 3.11. The summed E-state index contributed by atoms with van der Waals surface area (Å²) in [6, 6.07) is 0. The Morgan fingerprint density at radius 2 is 1.91 bits per heavy atom. The van der Waals surface area contributed by atoms with E-state index in [1.807, 2.05) is 0 Å². The van der Waals surface area contributed by atoms with Crippen molar-refractivity contribution in [3.63, 3.8) is 0 Å². The number of aliphatic hydroxyl groups excluding tert-OH is 1. The van der Waals surface area contributed by atoms with Gasteiger partial charge < -0.3 is 10.4 Å². The molecule has 1 saturated carbocycles. The van der Waals surface area contributed by atoms with Gasteiger partial charge in [0.25, 0.3) is 0 Å². The fourth-order valence-corrected chi connectivity index (χ4v) is 2.49. The standard InChI is InChI=1S/C9H17NO/c11-9-4-2-1-3-7-5-10-6-8(7)9/h7-11H,1-6H2. The lowest BCUT2D eigenvalue weighted by Crippen LogP contribution is -2.25. The summed E-state index contributed by atoms with van der Waals surface area (Å²) in [6.07, 6.45) is 4.89. The Bertz CT molecular complexity index is 138. The maximum absolute atomic E-state index is 9.72. The Labute approximate surface area is 68.0 Å². The van der Waals surface area contributed by atoms with Crippen LogP contribution in [-0.4, -0.2) is 24.3 Å². The molecule has 3 unspecified atom stereocenters. The highest BCUT2D eigenvalue weighted by molar-refractivity contribution is 4.87. The van der Waals surface area contributed by atoms with E-state index < -0.39 is 0 Å². The number of fused-ring (bicyclic) bond motifs is 1. The molecule has 1 heterocycles. The van der Waals surface area contributed by atoms with Crippen LogP contribution in [0.25, 0.3) is 0 Å². The van der Waals surface area contributed by atoms with Crippen molar-refractivity contribution in [1.82, 2.24) is 5.32 Å². The molecule has 1 saturated heterocycles. The lowest BCUT2D eigenvalue weighted by atomic mass is 9.90. The summed E-state index contributed by atoms with van der Waals surface area (Å²) >= 11 is 0. The summed E-state index contributed by atoms with van der Waals surface area (Å²) in [7, 11) is 0. The van der Waals surface area contributed by atoms with Crippen LogP contribution in [-0.2, 0) is 0 Å². The maximum Gasteiger partial charge on any atom is 0.0583 e. The van der Waals surface area contributed by atoms with Crippen LogP contribution in [0, 0.1) is 11.8 Å². The van der Waals surface area contributed by atoms with Crippen molar-refractivity contribution in [3.05, 3.63) is 0 Å². The SMILES string of the molecule is OC1CCCCC2CNCC12. The second-order valence-electron chi connectivity index (χ2n) is 3.93. The summed E-state index contributed by atoms with van der Waals surface area (Å²) in [6.45, 7) is 2.19. The molecule has 0 aromatic heterocycles. The van der Waals surface area contributed by atoms with Gasteiger partial charge in [-0.1, -0.05) is 12.8 Å². The second-order valence-corrected chi connectivity index (χ2v) is 3.93. The van der Waals surface area contributed by atoms with Crippen molar-refractivity contribution in [3.8, 4) is 0 Å². The molecule has 2 heteroatoms. The first-order valence-electron chi connectivity index (χ1n) is 4.76. The van der Waals surface area contributed by atoms with E-state index in [0.717, 1.165) is 25.4 Å². The fraction of sp³-hybridized carbons (Fsp3) is 1.00. The molecule has 2 N–H and O–H groups in total. The van der Waals surface area contributed by atoms with Crippen LogP contribution in [0.15, 0.2) is 0 Å². The number of aliphatic hydroxyl groups is 1. The molecular formula is C9H17NO. The smallest absolute Gasteiger partial charge is 0.0583 e. The summed E-state index contributed by atoms with van der Waals surface area (Å²) < 4.78 is 0. The Hall–Kier alpha value is -0.0800. The van der Waals surface area contributed by atoms with E-state index in [4.69, 9.17) is 0 Å². The van der Waals surface area contributed by atoms with Crippen molar-refractivity contribution >= 4 is 0 Å². The highest BCUT2D eigenvalue weighted by Crippen LogP contribution is 2.31. The molecule has 2 rings (SSSR count). The molecule has 2 aliphatic rings. The Morgan fingerprint density at radius 1 is 1.09 bits per heavy atom.